The largest absolute Gasteiger partial charge is 0.126 e. The van der Waals surface area contributed by atoms with Crippen LogP contribution in [0.3, 0.4) is 0 Å². The minimum atomic E-state index is 0.274. The van der Waals surface area contributed by atoms with E-state index in [1.54, 1.807) is 0 Å². The number of benzene rings is 1. The molecule has 0 radical (unpaired) electrons. The first kappa shape index (κ1) is 13.9. The van der Waals surface area contributed by atoms with Crippen molar-refractivity contribution in [1.82, 2.24) is 0 Å². The molecule has 0 saturated heterocycles. The first-order chi connectivity index (χ1) is 7.61. The molecule has 2 atom stereocenters. The summed E-state index contributed by atoms with van der Waals surface area (Å²) < 4.78 is 0. The summed E-state index contributed by atoms with van der Waals surface area (Å²) in [6.45, 7) is 6.63. The smallest absolute Gasteiger partial charge is 0.0338 e. The third-order valence-corrected chi connectivity index (χ3v) is 4.28. The fourth-order valence-corrected chi connectivity index (χ4v) is 3.32. The van der Waals surface area contributed by atoms with Crippen molar-refractivity contribution in [3.63, 3.8) is 0 Å². The Bertz CT molecular complexity index is 274. The van der Waals surface area contributed by atoms with Crippen LogP contribution in [0.4, 0.5) is 0 Å². The van der Waals surface area contributed by atoms with Gasteiger partial charge in [-0.15, -0.1) is 23.4 Å². The van der Waals surface area contributed by atoms with Gasteiger partial charge in [0.25, 0.3) is 0 Å². The van der Waals surface area contributed by atoms with Gasteiger partial charge in [-0.3, -0.25) is 0 Å². The second kappa shape index (κ2) is 7.24. The number of thioether (sulfide) groups is 1. The van der Waals surface area contributed by atoms with E-state index in [9.17, 15) is 0 Å². The second-order valence-electron chi connectivity index (χ2n) is 4.54. The lowest BCUT2D eigenvalue weighted by Gasteiger charge is -2.22. The van der Waals surface area contributed by atoms with Gasteiger partial charge in [-0.2, -0.15) is 0 Å². The van der Waals surface area contributed by atoms with Crippen LogP contribution < -0.4 is 0 Å². The minimum Gasteiger partial charge on any atom is -0.126 e. The molecule has 0 aromatic heterocycles. The molecule has 0 heterocycles. The second-order valence-corrected chi connectivity index (χ2v) is 6.39. The third kappa shape index (κ3) is 4.80. The molecule has 90 valence electrons. The van der Waals surface area contributed by atoms with Crippen LogP contribution in [0.25, 0.3) is 0 Å². The van der Waals surface area contributed by atoms with E-state index in [-0.39, 0.29) is 5.38 Å². The lowest BCUT2D eigenvalue weighted by molar-refractivity contribution is 0.370. The van der Waals surface area contributed by atoms with E-state index in [1.165, 1.54) is 11.3 Å². The number of alkyl halides is 1. The minimum absolute atomic E-state index is 0.274. The highest BCUT2D eigenvalue weighted by Crippen LogP contribution is 2.27. The van der Waals surface area contributed by atoms with Crippen LogP contribution in [-0.4, -0.2) is 11.1 Å². The van der Waals surface area contributed by atoms with Gasteiger partial charge in [0.1, 0.15) is 0 Å². The maximum absolute atomic E-state index is 6.21. The molecule has 1 rings (SSSR count). The summed E-state index contributed by atoms with van der Waals surface area (Å²) in [6, 6.07) is 10.6. The van der Waals surface area contributed by atoms with E-state index in [2.05, 4.69) is 51.1 Å². The van der Waals surface area contributed by atoms with Crippen LogP contribution in [0.5, 0.6) is 0 Å². The van der Waals surface area contributed by atoms with E-state index in [1.807, 2.05) is 11.8 Å². The van der Waals surface area contributed by atoms with E-state index in [0.29, 0.717) is 11.8 Å². The van der Waals surface area contributed by atoms with Crippen molar-refractivity contribution in [3.05, 3.63) is 30.3 Å². The first-order valence-electron chi connectivity index (χ1n) is 5.93. The van der Waals surface area contributed by atoms with Gasteiger partial charge in [-0.1, -0.05) is 32.0 Å². The molecule has 0 nitrogen and oxygen atoms in total. The Morgan fingerprint density at radius 1 is 1.12 bits per heavy atom. The maximum atomic E-state index is 6.21. The predicted molar refractivity (Wildman–Crippen MR) is 75.4 cm³/mol. The molecule has 1 aromatic rings. The SMILES string of the molecule is CC(C)C(CCSc1ccccc1)C(C)Cl. The van der Waals surface area contributed by atoms with Crippen molar-refractivity contribution in [2.24, 2.45) is 11.8 Å². The van der Waals surface area contributed by atoms with Crippen molar-refractivity contribution in [2.75, 3.05) is 5.75 Å². The fourth-order valence-electron chi connectivity index (χ4n) is 1.92. The van der Waals surface area contributed by atoms with E-state index in [4.69, 9.17) is 11.6 Å². The van der Waals surface area contributed by atoms with Crippen molar-refractivity contribution in [3.8, 4) is 0 Å². The van der Waals surface area contributed by atoms with Gasteiger partial charge in [0.15, 0.2) is 0 Å². The summed E-state index contributed by atoms with van der Waals surface area (Å²) in [5.74, 6) is 2.45. The van der Waals surface area contributed by atoms with E-state index < -0.39 is 0 Å². The fraction of sp³-hybridized carbons (Fsp3) is 0.571. The Morgan fingerprint density at radius 3 is 2.25 bits per heavy atom. The normalized spacial score (nSPS) is 15.1. The summed E-state index contributed by atoms with van der Waals surface area (Å²) in [5, 5.41) is 0.274. The zero-order valence-electron chi connectivity index (χ0n) is 10.3. The summed E-state index contributed by atoms with van der Waals surface area (Å²) in [4.78, 5) is 1.35. The van der Waals surface area contributed by atoms with Crippen molar-refractivity contribution in [2.45, 2.75) is 37.5 Å². The van der Waals surface area contributed by atoms with Gasteiger partial charge in [0, 0.05) is 10.3 Å². The zero-order valence-corrected chi connectivity index (χ0v) is 11.9. The van der Waals surface area contributed by atoms with Gasteiger partial charge in [-0.25, -0.2) is 0 Å². The van der Waals surface area contributed by atoms with Gasteiger partial charge in [0.2, 0.25) is 0 Å². The van der Waals surface area contributed by atoms with Crippen LogP contribution >= 0.6 is 23.4 Å². The summed E-state index contributed by atoms with van der Waals surface area (Å²) in [5.41, 5.74) is 0. The molecular weight excluding hydrogens is 236 g/mol. The number of rotatable bonds is 6. The molecule has 2 unspecified atom stereocenters. The molecule has 2 heteroatoms. The monoisotopic (exact) mass is 256 g/mol. The Labute approximate surface area is 109 Å². The van der Waals surface area contributed by atoms with Crippen LogP contribution in [0.2, 0.25) is 0 Å². The molecule has 1 aromatic carbocycles. The molecule has 0 aliphatic carbocycles. The van der Waals surface area contributed by atoms with Crippen molar-refractivity contribution < 1.29 is 0 Å². The van der Waals surface area contributed by atoms with Gasteiger partial charge >= 0.3 is 0 Å². The Hall–Kier alpha value is -0.140. The molecule has 0 saturated carbocycles. The van der Waals surface area contributed by atoms with Crippen LogP contribution in [0, 0.1) is 11.8 Å². The van der Waals surface area contributed by atoms with Gasteiger partial charge in [-0.05, 0) is 43.1 Å². The first-order valence-corrected chi connectivity index (χ1v) is 7.35. The van der Waals surface area contributed by atoms with Gasteiger partial charge < -0.3 is 0 Å². The Balaban J connectivity index is 2.34. The summed E-state index contributed by atoms with van der Waals surface area (Å²) >= 11 is 8.14. The Morgan fingerprint density at radius 2 is 1.75 bits per heavy atom. The number of hydrogen-bond donors (Lipinski definition) is 0. The average Bonchev–Trinajstić information content (AvgIpc) is 2.24. The van der Waals surface area contributed by atoms with Crippen LogP contribution in [-0.2, 0) is 0 Å². The molecular formula is C14H21ClS. The van der Waals surface area contributed by atoms with Crippen LogP contribution in [0.15, 0.2) is 35.2 Å². The summed E-state index contributed by atoms with van der Waals surface area (Å²) in [7, 11) is 0. The number of halogens is 1. The Kier molecular flexibility index (Phi) is 6.30. The highest BCUT2D eigenvalue weighted by Gasteiger charge is 2.18. The van der Waals surface area contributed by atoms with E-state index in [0.717, 1.165) is 5.75 Å². The molecule has 0 aliphatic heterocycles. The third-order valence-electron chi connectivity index (χ3n) is 2.91. The quantitative estimate of drug-likeness (QED) is 0.506. The lowest BCUT2D eigenvalue weighted by Crippen LogP contribution is -2.18. The molecule has 0 N–H and O–H groups in total. The molecule has 0 aliphatic rings. The highest BCUT2D eigenvalue weighted by atomic mass is 35.5. The molecule has 0 fully saturated rings. The van der Waals surface area contributed by atoms with Gasteiger partial charge in [0.05, 0.1) is 0 Å². The highest BCUT2D eigenvalue weighted by molar-refractivity contribution is 7.99. The topological polar surface area (TPSA) is 0 Å². The maximum Gasteiger partial charge on any atom is 0.0338 e. The van der Waals surface area contributed by atoms with E-state index >= 15 is 0 Å². The average molecular weight is 257 g/mol. The van der Waals surface area contributed by atoms with Crippen LogP contribution in [0.1, 0.15) is 27.2 Å². The van der Waals surface area contributed by atoms with Crippen molar-refractivity contribution >= 4 is 23.4 Å². The molecule has 0 spiro atoms. The predicted octanol–water partition coefficient (Wildman–Crippen LogP) is 5.07. The van der Waals surface area contributed by atoms with Crippen molar-refractivity contribution in [1.29, 1.82) is 0 Å². The molecule has 16 heavy (non-hydrogen) atoms. The molecule has 0 bridgehead atoms. The molecule has 0 amide bonds. The lowest BCUT2D eigenvalue weighted by atomic mass is 9.90. The summed E-state index contributed by atoms with van der Waals surface area (Å²) in [6.07, 6.45) is 1.20. The standard InChI is InChI=1S/C14H21ClS/c1-11(2)14(12(3)15)9-10-16-13-7-5-4-6-8-13/h4-8,11-12,14H,9-10H2,1-3H3. The zero-order chi connectivity index (χ0) is 12.0. The number of hydrogen-bond acceptors (Lipinski definition) is 1.